The van der Waals surface area contributed by atoms with Crippen molar-refractivity contribution >= 4 is 29.2 Å². The van der Waals surface area contributed by atoms with Gasteiger partial charge in [-0.2, -0.15) is 5.10 Å². The molecule has 0 fully saturated rings. The van der Waals surface area contributed by atoms with E-state index in [0.29, 0.717) is 12.2 Å². The zero-order valence-electron chi connectivity index (χ0n) is 12.2. The van der Waals surface area contributed by atoms with Gasteiger partial charge in [-0.15, -0.1) is 0 Å². The summed E-state index contributed by atoms with van der Waals surface area (Å²) in [6, 6.07) is 9.23. The fourth-order valence-corrected chi connectivity index (χ4v) is 2.06. The number of para-hydroxylation sites is 2. The van der Waals surface area contributed by atoms with E-state index in [0.717, 1.165) is 0 Å². The highest BCUT2D eigenvalue weighted by Gasteiger charge is 2.11. The molecule has 0 saturated heterocycles. The van der Waals surface area contributed by atoms with Gasteiger partial charge >= 0.3 is 0 Å². The van der Waals surface area contributed by atoms with Gasteiger partial charge in [0, 0.05) is 6.07 Å². The first-order valence-corrected chi connectivity index (χ1v) is 7.08. The molecule has 0 aliphatic rings. The lowest BCUT2D eigenvalue weighted by atomic mass is 10.2. The van der Waals surface area contributed by atoms with Crippen molar-refractivity contribution in [3.8, 4) is 11.5 Å². The van der Waals surface area contributed by atoms with Gasteiger partial charge in [0.1, 0.15) is 5.69 Å². The molecule has 120 valence electrons. The van der Waals surface area contributed by atoms with Crippen LogP contribution < -0.4 is 10.2 Å². The molecule has 23 heavy (non-hydrogen) atoms. The zero-order valence-corrected chi connectivity index (χ0v) is 12.9. The van der Waals surface area contributed by atoms with Crippen molar-refractivity contribution in [1.29, 1.82) is 0 Å². The molecule has 0 bridgehead atoms. The Balaban J connectivity index is 2.20. The molecule has 7 nitrogen and oxygen atoms in total. The first-order valence-electron chi connectivity index (χ1n) is 6.70. The van der Waals surface area contributed by atoms with Crippen molar-refractivity contribution in [2.45, 2.75) is 6.92 Å². The molecule has 0 aromatic heterocycles. The van der Waals surface area contributed by atoms with Crippen LogP contribution in [0.5, 0.6) is 11.5 Å². The highest BCUT2D eigenvalue weighted by atomic mass is 35.5. The van der Waals surface area contributed by atoms with Crippen LogP contribution in [0, 0.1) is 10.1 Å². The number of hydrogen-bond donors (Lipinski definition) is 2. The fourth-order valence-electron chi connectivity index (χ4n) is 1.84. The Morgan fingerprint density at radius 1 is 1.43 bits per heavy atom. The number of ether oxygens (including phenoxy) is 1. The van der Waals surface area contributed by atoms with Crippen LogP contribution in [0.4, 0.5) is 11.4 Å². The minimum Gasteiger partial charge on any atom is -0.503 e. The lowest BCUT2D eigenvalue weighted by Crippen LogP contribution is -1.97. The smallest absolute Gasteiger partial charge is 0.294 e. The quantitative estimate of drug-likeness (QED) is 0.475. The summed E-state index contributed by atoms with van der Waals surface area (Å²) in [5.41, 5.74) is 3.37. The molecule has 0 aliphatic carbocycles. The number of hydrazone groups is 1. The number of rotatable bonds is 6. The van der Waals surface area contributed by atoms with Crippen LogP contribution in [0.25, 0.3) is 0 Å². The third kappa shape index (κ3) is 4.10. The monoisotopic (exact) mass is 335 g/mol. The molecule has 0 heterocycles. The number of aromatic hydroxyl groups is 1. The lowest BCUT2D eigenvalue weighted by Gasteiger charge is -2.08. The molecule has 2 aromatic rings. The average Bonchev–Trinajstić information content (AvgIpc) is 2.52. The van der Waals surface area contributed by atoms with E-state index < -0.39 is 4.92 Å². The van der Waals surface area contributed by atoms with E-state index in [-0.39, 0.29) is 27.9 Å². The van der Waals surface area contributed by atoms with Crippen molar-refractivity contribution in [2.24, 2.45) is 5.10 Å². The van der Waals surface area contributed by atoms with Gasteiger partial charge in [-0.25, -0.2) is 0 Å². The van der Waals surface area contributed by atoms with Crippen molar-refractivity contribution in [3.63, 3.8) is 0 Å². The van der Waals surface area contributed by atoms with E-state index in [1.54, 1.807) is 31.2 Å². The Labute approximate surface area is 137 Å². The molecule has 2 rings (SSSR count). The summed E-state index contributed by atoms with van der Waals surface area (Å²) in [5, 5.41) is 24.7. The molecule has 2 N–H and O–H groups in total. The van der Waals surface area contributed by atoms with Gasteiger partial charge in [0.15, 0.2) is 11.5 Å². The maximum Gasteiger partial charge on any atom is 0.294 e. The fraction of sp³-hybridized carbons (Fsp3) is 0.133. The number of halogens is 1. The highest BCUT2D eigenvalue weighted by Crippen LogP contribution is 2.34. The minimum atomic E-state index is -0.498. The maximum atomic E-state index is 10.9. The van der Waals surface area contributed by atoms with E-state index in [4.69, 9.17) is 16.3 Å². The summed E-state index contributed by atoms with van der Waals surface area (Å²) in [4.78, 5) is 10.4. The third-order valence-corrected chi connectivity index (χ3v) is 3.14. The van der Waals surface area contributed by atoms with Crippen LogP contribution in [0.3, 0.4) is 0 Å². The average molecular weight is 336 g/mol. The summed E-state index contributed by atoms with van der Waals surface area (Å²) >= 11 is 5.92. The molecule has 8 heteroatoms. The van der Waals surface area contributed by atoms with Crippen LogP contribution in [0.15, 0.2) is 41.5 Å². The van der Waals surface area contributed by atoms with Gasteiger partial charge in [0.2, 0.25) is 0 Å². The van der Waals surface area contributed by atoms with E-state index in [1.165, 1.54) is 18.3 Å². The van der Waals surface area contributed by atoms with Crippen LogP contribution in [0.1, 0.15) is 12.5 Å². The van der Waals surface area contributed by atoms with E-state index in [9.17, 15) is 15.2 Å². The predicted octanol–water partition coefficient (Wildman–Crippen LogP) is 3.80. The Morgan fingerprint density at radius 3 is 2.87 bits per heavy atom. The largest absolute Gasteiger partial charge is 0.503 e. The molecule has 0 atom stereocenters. The van der Waals surface area contributed by atoms with Crippen molar-refractivity contribution in [1.82, 2.24) is 0 Å². The number of phenols is 1. The van der Waals surface area contributed by atoms with Crippen LogP contribution in [-0.4, -0.2) is 22.9 Å². The summed E-state index contributed by atoms with van der Waals surface area (Å²) in [7, 11) is 0. The second-order valence-electron chi connectivity index (χ2n) is 4.43. The van der Waals surface area contributed by atoms with E-state index in [1.807, 2.05) is 0 Å². The number of phenolic OH excluding ortho intramolecular Hbond substituents is 1. The van der Waals surface area contributed by atoms with Crippen LogP contribution >= 0.6 is 11.6 Å². The first-order chi connectivity index (χ1) is 11.0. The summed E-state index contributed by atoms with van der Waals surface area (Å²) in [6.45, 7) is 2.16. The number of nitro groups is 1. The van der Waals surface area contributed by atoms with E-state index in [2.05, 4.69) is 10.5 Å². The van der Waals surface area contributed by atoms with Crippen molar-refractivity contribution < 1.29 is 14.8 Å². The molecule has 0 unspecified atom stereocenters. The van der Waals surface area contributed by atoms with Gasteiger partial charge in [0.05, 0.1) is 22.8 Å². The highest BCUT2D eigenvalue weighted by molar-refractivity contribution is 6.32. The van der Waals surface area contributed by atoms with Crippen LogP contribution in [-0.2, 0) is 0 Å². The maximum absolute atomic E-state index is 10.9. The molecule has 0 aliphatic heterocycles. The number of hydrogen-bond acceptors (Lipinski definition) is 6. The van der Waals surface area contributed by atoms with Gasteiger partial charge in [0.25, 0.3) is 5.69 Å². The molecule has 0 saturated carbocycles. The summed E-state index contributed by atoms with van der Waals surface area (Å²) in [6.07, 6.45) is 1.42. The number of nitro benzene ring substituents is 1. The normalized spacial score (nSPS) is 10.7. The SMILES string of the molecule is CCOc1cc(/C=N/Nc2ccccc2[N+](=O)[O-])cc(Cl)c1O. The second kappa shape index (κ2) is 7.46. The number of nitrogens with zero attached hydrogens (tertiary/aromatic N) is 2. The van der Waals surface area contributed by atoms with Crippen molar-refractivity contribution in [2.75, 3.05) is 12.0 Å². The third-order valence-electron chi connectivity index (χ3n) is 2.85. The van der Waals surface area contributed by atoms with E-state index >= 15 is 0 Å². The standard InChI is InChI=1S/C15H14ClN3O4/c1-2-23-14-8-10(7-11(16)15(14)20)9-17-18-12-5-3-4-6-13(12)19(21)22/h3-9,18,20H,2H2,1H3/b17-9+. The number of nitrogens with one attached hydrogen (secondary N) is 1. The molecule has 0 spiro atoms. The molecular formula is C15H14ClN3O4. The Kier molecular flexibility index (Phi) is 5.37. The molecule has 0 amide bonds. The predicted molar refractivity (Wildman–Crippen MR) is 88.6 cm³/mol. The lowest BCUT2D eigenvalue weighted by molar-refractivity contribution is -0.384. The second-order valence-corrected chi connectivity index (χ2v) is 4.83. The summed E-state index contributed by atoms with van der Waals surface area (Å²) in [5.74, 6) is 0.101. The molecular weight excluding hydrogens is 322 g/mol. The van der Waals surface area contributed by atoms with Gasteiger partial charge < -0.3 is 9.84 Å². The topological polar surface area (TPSA) is 97.0 Å². The molecule has 0 radical (unpaired) electrons. The van der Waals surface area contributed by atoms with Gasteiger partial charge in [-0.1, -0.05) is 23.7 Å². The summed E-state index contributed by atoms with van der Waals surface area (Å²) < 4.78 is 5.27. The van der Waals surface area contributed by atoms with Crippen LogP contribution in [0.2, 0.25) is 5.02 Å². The number of benzene rings is 2. The molecule has 2 aromatic carbocycles. The Bertz CT molecular complexity index is 749. The van der Waals surface area contributed by atoms with Gasteiger partial charge in [-0.3, -0.25) is 15.5 Å². The van der Waals surface area contributed by atoms with Gasteiger partial charge in [-0.05, 0) is 30.7 Å². The Hall–Kier alpha value is -2.80. The van der Waals surface area contributed by atoms with Crippen molar-refractivity contribution in [3.05, 3.63) is 57.1 Å². The zero-order chi connectivity index (χ0) is 16.8. The first kappa shape index (κ1) is 16.6. The number of anilines is 1. The Morgan fingerprint density at radius 2 is 2.17 bits per heavy atom. The minimum absolute atomic E-state index is 0.0802.